The Hall–Kier alpha value is -2.38. The van der Waals surface area contributed by atoms with Gasteiger partial charge in [-0.25, -0.2) is 13.4 Å². The molecule has 1 saturated heterocycles. The minimum atomic E-state index is -3.38. The highest BCUT2D eigenvalue weighted by Gasteiger charge is 2.24. The number of sulfonamides is 1. The Morgan fingerprint density at radius 3 is 2.39 bits per heavy atom. The monoisotopic (exact) mass is 398 g/mol. The van der Waals surface area contributed by atoms with E-state index in [1.807, 2.05) is 36.4 Å². The van der Waals surface area contributed by atoms with Gasteiger partial charge < -0.3 is 10.3 Å². The summed E-state index contributed by atoms with van der Waals surface area (Å²) in [5, 5.41) is 3.29. The molecule has 7 heteroatoms. The van der Waals surface area contributed by atoms with Crippen molar-refractivity contribution in [3.63, 3.8) is 0 Å². The number of anilines is 1. The zero-order valence-corrected chi connectivity index (χ0v) is 16.7. The summed E-state index contributed by atoms with van der Waals surface area (Å²) in [6.07, 6.45) is 4.92. The van der Waals surface area contributed by atoms with Crippen LogP contribution in [0, 0.1) is 0 Å². The third-order valence-corrected chi connectivity index (χ3v) is 7.13. The molecule has 1 aliphatic heterocycles. The number of aromatic nitrogens is 2. The minimum Gasteiger partial charge on any atom is -0.355 e. The molecule has 4 rings (SSSR count). The molecule has 0 radical (unpaired) electrons. The van der Waals surface area contributed by atoms with Gasteiger partial charge in [-0.15, -0.1) is 0 Å². The van der Waals surface area contributed by atoms with Gasteiger partial charge in [0.2, 0.25) is 16.0 Å². The number of rotatable bonds is 6. The quantitative estimate of drug-likeness (QED) is 0.662. The summed E-state index contributed by atoms with van der Waals surface area (Å²) in [7, 11) is -3.38. The minimum absolute atomic E-state index is 0.392. The number of para-hydroxylation sites is 2. The lowest BCUT2D eigenvalue weighted by atomic mass is 10.1. The van der Waals surface area contributed by atoms with Crippen molar-refractivity contribution < 1.29 is 8.42 Å². The molecule has 1 fully saturated rings. The van der Waals surface area contributed by atoms with Gasteiger partial charge in [-0.3, -0.25) is 0 Å². The van der Waals surface area contributed by atoms with E-state index in [1.54, 1.807) is 16.4 Å². The fraction of sp³-hybridized carbons (Fsp3) is 0.381. The lowest BCUT2D eigenvalue weighted by Crippen LogP contribution is -2.31. The van der Waals surface area contributed by atoms with Gasteiger partial charge in [-0.1, -0.05) is 37.1 Å². The molecular formula is C21H26N4O2S. The smallest absolute Gasteiger partial charge is 0.243 e. The predicted molar refractivity (Wildman–Crippen MR) is 112 cm³/mol. The van der Waals surface area contributed by atoms with Crippen LogP contribution < -0.4 is 5.32 Å². The van der Waals surface area contributed by atoms with Crippen LogP contribution >= 0.6 is 0 Å². The van der Waals surface area contributed by atoms with Crippen molar-refractivity contribution >= 4 is 27.0 Å². The van der Waals surface area contributed by atoms with Crippen molar-refractivity contribution in [3.8, 4) is 0 Å². The van der Waals surface area contributed by atoms with E-state index in [-0.39, 0.29) is 0 Å². The van der Waals surface area contributed by atoms with E-state index in [1.165, 1.54) is 0 Å². The Labute approximate surface area is 166 Å². The van der Waals surface area contributed by atoms with Crippen LogP contribution in [0.15, 0.2) is 53.4 Å². The van der Waals surface area contributed by atoms with Gasteiger partial charge in [0.05, 0.1) is 15.9 Å². The lowest BCUT2D eigenvalue weighted by molar-refractivity contribution is 0.423. The van der Waals surface area contributed by atoms with Crippen molar-refractivity contribution in [1.82, 2.24) is 14.3 Å². The molecule has 1 aliphatic rings. The maximum absolute atomic E-state index is 12.8. The SMILES string of the molecule is O=S(=O)(c1ccc(CCNc2nc3ccccc3[nH]2)cc1)N1CCCCCC1. The molecule has 0 spiro atoms. The highest BCUT2D eigenvalue weighted by atomic mass is 32.2. The molecule has 0 atom stereocenters. The summed E-state index contributed by atoms with van der Waals surface area (Å²) in [6, 6.07) is 15.2. The largest absolute Gasteiger partial charge is 0.355 e. The van der Waals surface area contributed by atoms with E-state index in [0.29, 0.717) is 18.0 Å². The Kier molecular flexibility index (Phi) is 5.64. The number of imidazole rings is 1. The van der Waals surface area contributed by atoms with Crippen LogP contribution in [0.1, 0.15) is 31.2 Å². The van der Waals surface area contributed by atoms with Crippen molar-refractivity contribution in [2.24, 2.45) is 0 Å². The molecular weight excluding hydrogens is 372 g/mol. The normalized spacial score (nSPS) is 16.1. The van der Waals surface area contributed by atoms with Crippen LogP contribution in [0.2, 0.25) is 0 Å². The van der Waals surface area contributed by atoms with Gasteiger partial charge in [0.25, 0.3) is 0 Å². The van der Waals surface area contributed by atoms with Gasteiger partial charge in [0, 0.05) is 19.6 Å². The number of nitrogens with zero attached hydrogens (tertiary/aromatic N) is 2. The summed E-state index contributed by atoms with van der Waals surface area (Å²) in [4.78, 5) is 8.14. The van der Waals surface area contributed by atoms with Gasteiger partial charge in [-0.2, -0.15) is 4.31 Å². The molecule has 1 aromatic heterocycles. The number of nitrogens with one attached hydrogen (secondary N) is 2. The maximum atomic E-state index is 12.8. The van der Waals surface area contributed by atoms with E-state index in [2.05, 4.69) is 15.3 Å². The van der Waals surface area contributed by atoms with Crippen LogP contribution in [0.3, 0.4) is 0 Å². The zero-order valence-electron chi connectivity index (χ0n) is 15.9. The highest BCUT2D eigenvalue weighted by molar-refractivity contribution is 7.89. The maximum Gasteiger partial charge on any atom is 0.243 e. The first kappa shape index (κ1) is 19.0. The van der Waals surface area contributed by atoms with Gasteiger partial charge in [0.1, 0.15) is 0 Å². The molecule has 0 bridgehead atoms. The van der Waals surface area contributed by atoms with Crippen molar-refractivity contribution in [3.05, 3.63) is 54.1 Å². The van der Waals surface area contributed by atoms with E-state index < -0.39 is 10.0 Å². The number of H-pyrrole nitrogens is 1. The molecule has 0 unspecified atom stereocenters. The summed E-state index contributed by atoms with van der Waals surface area (Å²) in [5.74, 6) is 0.751. The van der Waals surface area contributed by atoms with E-state index in [9.17, 15) is 8.42 Å². The zero-order chi connectivity index (χ0) is 19.4. The standard InChI is InChI=1S/C21H26N4O2S/c26-28(27,25-15-5-1-2-6-16-25)18-11-9-17(10-12-18)13-14-22-21-23-19-7-3-4-8-20(19)24-21/h3-4,7-12H,1-2,5-6,13-16H2,(H2,22,23,24). The van der Waals surface area contributed by atoms with E-state index >= 15 is 0 Å². The number of hydrogen-bond acceptors (Lipinski definition) is 4. The van der Waals surface area contributed by atoms with Crippen molar-refractivity contribution in [2.75, 3.05) is 25.0 Å². The third-order valence-electron chi connectivity index (χ3n) is 5.22. The molecule has 0 aliphatic carbocycles. The predicted octanol–water partition coefficient (Wildman–Crippen LogP) is 3.78. The number of aromatic amines is 1. The lowest BCUT2D eigenvalue weighted by Gasteiger charge is -2.20. The highest BCUT2D eigenvalue weighted by Crippen LogP contribution is 2.21. The fourth-order valence-corrected chi connectivity index (χ4v) is 5.14. The fourth-order valence-electron chi connectivity index (χ4n) is 3.62. The second-order valence-electron chi connectivity index (χ2n) is 7.24. The molecule has 2 aromatic carbocycles. The average Bonchev–Trinajstić information content (AvgIpc) is 2.91. The second kappa shape index (κ2) is 8.32. The van der Waals surface area contributed by atoms with Crippen LogP contribution in [0.4, 0.5) is 5.95 Å². The van der Waals surface area contributed by atoms with Gasteiger partial charge in [-0.05, 0) is 49.1 Å². The third kappa shape index (κ3) is 4.20. The van der Waals surface area contributed by atoms with Crippen molar-refractivity contribution in [2.45, 2.75) is 37.0 Å². The molecule has 3 aromatic rings. The number of fused-ring (bicyclic) bond motifs is 1. The van der Waals surface area contributed by atoms with E-state index in [4.69, 9.17) is 0 Å². The molecule has 2 N–H and O–H groups in total. The molecule has 0 amide bonds. The molecule has 6 nitrogen and oxygen atoms in total. The second-order valence-corrected chi connectivity index (χ2v) is 9.18. The molecule has 0 saturated carbocycles. The summed E-state index contributed by atoms with van der Waals surface area (Å²) < 4.78 is 27.3. The Morgan fingerprint density at radius 1 is 0.964 bits per heavy atom. The van der Waals surface area contributed by atoms with Gasteiger partial charge in [0.15, 0.2) is 0 Å². The Morgan fingerprint density at radius 2 is 1.68 bits per heavy atom. The Bertz CT molecular complexity index is 987. The first-order valence-electron chi connectivity index (χ1n) is 9.91. The average molecular weight is 399 g/mol. The van der Waals surface area contributed by atoms with Crippen LogP contribution in [-0.4, -0.2) is 42.3 Å². The van der Waals surface area contributed by atoms with Crippen LogP contribution in [-0.2, 0) is 16.4 Å². The van der Waals surface area contributed by atoms with E-state index in [0.717, 1.165) is 61.2 Å². The van der Waals surface area contributed by atoms with Gasteiger partial charge >= 0.3 is 0 Å². The molecule has 2 heterocycles. The van der Waals surface area contributed by atoms with Crippen LogP contribution in [0.25, 0.3) is 11.0 Å². The number of hydrogen-bond donors (Lipinski definition) is 2. The summed E-state index contributed by atoms with van der Waals surface area (Å²) in [5.41, 5.74) is 3.04. The topological polar surface area (TPSA) is 78.1 Å². The van der Waals surface area contributed by atoms with Crippen molar-refractivity contribution in [1.29, 1.82) is 0 Å². The Balaban J connectivity index is 1.36. The number of benzene rings is 2. The van der Waals surface area contributed by atoms with Crippen LogP contribution in [0.5, 0.6) is 0 Å². The molecule has 148 valence electrons. The summed E-state index contributed by atoms with van der Waals surface area (Å²) in [6.45, 7) is 1.98. The first-order chi connectivity index (χ1) is 13.6. The molecule has 28 heavy (non-hydrogen) atoms. The summed E-state index contributed by atoms with van der Waals surface area (Å²) >= 11 is 0. The first-order valence-corrected chi connectivity index (χ1v) is 11.3.